The summed E-state index contributed by atoms with van der Waals surface area (Å²) in [5, 5.41) is 4.82. The molecule has 0 saturated heterocycles. The van der Waals surface area contributed by atoms with E-state index in [1.165, 1.54) is 26.9 Å². The number of pyridine rings is 1. The van der Waals surface area contributed by atoms with E-state index in [-0.39, 0.29) is 0 Å². The van der Waals surface area contributed by atoms with E-state index >= 15 is 0 Å². The molecule has 0 fully saturated rings. The number of fused-ring (bicyclic) bond motifs is 3. The first-order chi connectivity index (χ1) is 11.8. The van der Waals surface area contributed by atoms with Crippen LogP contribution < -0.4 is 4.40 Å². The third-order valence-corrected chi connectivity index (χ3v) is 5.00. The van der Waals surface area contributed by atoms with Gasteiger partial charge in [-0.3, -0.25) is 0 Å². The second-order valence-electron chi connectivity index (χ2n) is 5.20. The first-order valence-electron chi connectivity index (χ1n) is 7.27. The molecule has 4 rings (SSSR count). The number of thiazole rings is 1. The Bertz CT molecular complexity index is 1010. The van der Waals surface area contributed by atoms with Crippen LogP contribution in [-0.2, 0) is 0 Å². The molecule has 2 heterocycles. The Kier molecular flexibility index (Phi) is 5.10. The second kappa shape index (κ2) is 7.13. The minimum absolute atomic E-state index is 1.11. The molecule has 4 aromatic rings. The summed E-state index contributed by atoms with van der Waals surface area (Å²) >= 11 is 5.28. The smallest absolute Gasteiger partial charge is 0.418 e. The van der Waals surface area contributed by atoms with Gasteiger partial charge in [-0.05, 0) is 35.7 Å². The molecule has 0 radical (unpaired) electrons. The molecule has 128 valence electrons. The van der Waals surface area contributed by atoms with E-state index in [9.17, 15) is 17.3 Å². The molecular formula is C17H11BBrF4NS. The van der Waals surface area contributed by atoms with Gasteiger partial charge < -0.3 is 17.3 Å². The van der Waals surface area contributed by atoms with E-state index in [2.05, 4.69) is 86.5 Å². The van der Waals surface area contributed by atoms with Gasteiger partial charge in [-0.1, -0.05) is 45.5 Å². The van der Waals surface area contributed by atoms with Crippen LogP contribution in [-0.4, -0.2) is 7.25 Å². The lowest BCUT2D eigenvalue weighted by molar-refractivity contribution is -0.493. The third-order valence-electron chi connectivity index (χ3n) is 3.49. The lowest BCUT2D eigenvalue weighted by atomic mass is 10.1. The minimum Gasteiger partial charge on any atom is -0.418 e. The first-order valence-corrected chi connectivity index (χ1v) is 8.94. The van der Waals surface area contributed by atoms with Crippen LogP contribution in [0, 0.1) is 0 Å². The van der Waals surface area contributed by atoms with Crippen LogP contribution in [0.3, 0.4) is 0 Å². The molecule has 0 aliphatic rings. The molecular weight excluding hydrogens is 417 g/mol. The molecule has 0 unspecified atom stereocenters. The maximum Gasteiger partial charge on any atom is 0.673 e. The molecule has 25 heavy (non-hydrogen) atoms. The Morgan fingerprint density at radius 1 is 0.880 bits per heavy atom. The molecule has 0 saturated carbocycles. The highest BCUT2D eigenvalue weighted by atomic mass is 79.9. The zero-order chi connectivity index (χ0) is 18.0. The number of aromatic nitrogens is 1. The van der Waals surface area contributed by atoms with Crippen molar-refractivity contribution in [2.24, 2.45) is 0 Å². The fourth-order valence-electron chi connectivity index (χ4n) is 2.50. The van der Waals surface area contributed by atoms with Crippen molar-refractivity contribution in [1.82, 2.24) is 0 Å². The number of hydrogen-bond acceptors (Lipinski definition) is 1. The number of rotatable bonds is 1. The molecule has 0 bridgehead atoms. The van der Waals surface area contributed by atoms with Crippen LogP contribution in [0.5, 0.6) is 0 Å². The molecule has 0 spiro atoms. The van der Waals surface area contributed by atoms with E-state index in [1.807, 2.05) is 0 Å². The molecule has 0 aliphatic carbocycles. The van der Waals surface area contributed by atoms with Crippen molar-refractivity contribution in [1.29, 1.82) is 0 Å². The predicted octanol–water partition coefficient (Wildman–Crippen LogP) is 6.37. The topological polar surface area (TPSA) is 4.10 Å². The average molecular weight is 428 g/mol. The van der Waals surface area contributed by atoms with Gasteiger partial charge in [0.1, 0.15) is 0 Å². The molecule has 2 aromatic heterocycles. The summed E-state index contributed by atoms with van der Waals surface area (Å²) in [6, 6.07) is 19.2. The van der Waals surface area contributed by atoms with E-state index < -0.39 is 7.25 Å². The summed E-state index contributed by atoms with van der Waals surface area (Å²) in [6.07, 6.45) is 2.16. The zero-order valence-corrected chi connectivity index (χ0v) is 15.1. The third kappa shape index (κ3) is 4.38. The highest BCUT2D eigenvalue weighted by molar-refractivity contribution is 9.10. The summed E-state index contributed by atoms with van der Waals surface area (Å²) in [4.78, 5) is 1.29. The van der Waals surface area contributed by atoms with E-state index in [1.54, 1.807) is 11.3 Å². The second-order valence-corrected chi connectivity index (χ2v) is 6.97. The summed E-state index contributed by atoms with van der Waals surface area (Å²) < 4.78 is 42.4. The van der Waals surface area contributed by atoms with Crippen molar-refractivity contribution >= 4 is 50.1 Å². The number of benzene rings is 2. The molecule has 0 amide bonds. The highest BCUT2D eigenvalue weighted by Gasteiger charge is 2.20. The van der Waals surface area contributed by atoms with Gasteiger partial charge in [0.05, 0.1) is 10.8 Å². The Morgan fingerprint density at radius 3 is 2.20 bits per heavy atom. The maximum absolute atomic E-state index is 9.75. The van der Waals surface area contributed by atoms with Gasteiger partial charge in [0.25, 0.3) is 4.83 Å². The normalized spacial score (nSPS) is 11.4. The largest absolute Gasteiger partial charge is 0.673 e. The van der Waals surface area contributed by atoms with Crippen molar-refractivity contribution in [3.63, 3.8) is 0 Å². The highest BCUT2D eigenvalue weighted by Crippen LogP contribution is 2.26. The average Bonchev–Trinajstić information content (AvgIpc) is 2.98. The Hall–Kier alpha value is -1.93. The van der Waals surface area contributed by atoms with Crippen molar-refractivity contribution in [3.05, 3.63) is 70.6 Å². The van der Waals surface area contributed by atoms with E-state index in [0.29, 0.717) is 0 Å². The summed E-state index contributed by atoms with van der Waals surface area (Å²) in [7, 11) is -6.00. The van der Waals surface area contributed by atoms with Gasteiger partial charge in [-0.15, -0.1) is 4.40 Å². The quantitative estimate of drug-likeness (QED) is 0.189. The molecule has 0 aliphatic heterocycles. The summed E-state index contributed by atoms with van der Waals surface area (Å²) in [5.74, 6) is 0. The standard InChI is InChI=1S/C17H11BrNS.BF4/c18-14-7-5-13(6-8-14)16-11-20-17-15-4-2-1-3-12(15)9-10-19(16)17;2-1(3,4)5/h1-11H;/q+1;-1. The summed E-state index contributed by atoms with van der Waals surface area (Å²) in [6.45, 7) is 0. The predicted molar refractivity (Wildman–Crippen MR) is 98.3 cm³/mol. The van der Waals surface area contributed by atoms with Crippen LogP contribution >= 0.6 is 27.3 Å². The van der Waals surface area contributed by atoms with E-state index in [4.69, 9.17) is 0 Å². The fourth-order valence-corrected chi connectivity index (χ4v) is 3.82. The van der Waals surface area contributed by atoms with Gasteiger partial charge in [-0.2, -0.15) is 0 Å². The maximum atomic E-state index is 9.75. The van der Waals surface area contributed by atoms with Crippen LogP contribution in [0.25, 0.3) is 26.9 Å². The molecule has 2 aromatic carbocycles. The van der Waals surface area contributed by atoms with Crippen LogP contribution in [0.4, 0.5) is 17.3 Å². The van der Waals surface area contributed by atoms with Crippen molar-refractivity contribution < 1.29 is 21.7 Å². The van der Waals surface area contributed by atoms with Crippen molar-refractivity contribution in [3.8, 4) is 11.3 Å². The van der Waals surface area contributed by atoms with Crippen LogP contribution in [0.1, 0.15) is 0 Å². The number of halogens is 5. The van der Waals surface area contributed by atoms with Crippen LogP contribution in [0.15, 0.2) is 70.6 Å². The molecule has 1 nitrogen and oxygen atoms in total. The van der Waals surface area contributed by atoms with Crippen molar-refractivity contribution in [2.45, 2.75) is 0 Å². The fraction of sp³-hybridized carbons (Fsp3) is 0. The molecule has 0 atom stereocenters. The van der Waals surface area contributed by atoms with Gasteiger partial charge in [0.2, 0.25) is 5.69 Å². The zero-order valence-electron chi connectivity index (χ0n) is 12.7. The summed E-state index contributed by atoms with van der Waals surface area (Å²) in [5.41, 5.74) is 2.47. The number of hydrogen-bond donors (Lipinski definition) is 0. The van der Waals surface area contributed by atoms with Gasteiger partial charge in [0, 0.05) is 16.1 Å². The lowest BCUT2D eigenvalue weighted by Crippen LogP contribution is -2.20. The molecule has 8 heteroatoms. The molecule has 0 N–H and O–H groups in total. The SMILES string of the molecule is Brc1ccc(-c2csc3c4ccccc4cc[n+]23)cc1.F[B-](F)(F)F. The monoisotopic (exact) mass is 427 g/mol. The van der Waals surface area contributed by atoms with Crippen molar-refractivity contribution in [2.75, 3.05) is 0 Å². The Balaban J connectivity index is 0.000000324. The van der Waals surface area contributed by atoms with Gasteiger partial charge in [0.15, 0.2) is 6.20 Å². The minimum atomic E-state index is -6.00. The van der Waals surface area contributed by atoms with Crippen LogP contribution in [0.2, 0.25) is 0 Å². The van der Waals surface area contributed by atoms with E-state index in [0.717, 1.165) is 4.47 Å². The van der Waals surface area contributed by atoms with Gasteiger partial charge in [-0.25, -0.2) is 0 Å². The van der Waals surface area contributed by atoms with Gasteiger partial charge >= 0.3 is 7.25 Å². The number of nitrogens with zero attached hydrogens (tertiary/aromatic N) is 1. The Morgan fingerprint density at radius 2 is 1.52 bits per heavy atom. The lowest BCUT2D eigenvalue weighted by Gasteiger charge is -1.97. The first kappa shape index (κ1) is 17.9. The Labute approximate surface area is 153 Å².